The minimum Gasteiger partial charge on any atom is -0.345 e. The molecule has 1 aromatic rings. The number of nitrogens with zero attached hydrogens (tertiary/aromatic N) is 3. The van der Waals surface area contributed by atoms with E-state index >= 15 is 0 Å². The van der Waals surface area contributed by atoms with Crippen LogP contribution in [-0.4, -0.2) is 22.4 Å². The Kier molecular flexibility index (Phi) is 4.35. The molecule has 0 bridgehead atoms. The van der Waals surface area contributed by atoms with Crippen molar-refractivity contribution in [3.63, 3.8) is 0 Å². The van der Waals surface area contributed by atoms with Crippen molar-refractivity contribution in [2.45, 2.75) is 6.92 Å². The van der Waals surface area contributed by atoms with Crippen molar-refractivity contribution < 1.29 is 9.72 Å². The van der Waals surface area contributed by atoms with E-state index in [0.717, 1.165) is 0 Å². The second-order valence-corrected chi connectivity index (χ2v) is 3.17. The lowest BCUT2D eigenvalue weighted by Crippen LogP contribution is -2.19. The third-order valence-electron chi connectivity index (χ3n) is 1.83. The van der Waals surface area contributed by atoms with Crippen LogP contribution in [0.15, 0.2) is 12.3 Å². The van der Waals surface area contributed by atoms with E-state index in [1.807, 2.05) is 0 Å². The summed E-state index contributed by atoms with van der Waals surface area (Å²) in [6.07, 6.45) is 1.27. The topological polar surface area (TPSA) is 109 Å². The van der Waals surface area contributed by atoms with E-state index < -0.39 is 4.92 Å². The fraction of sp³-hybridized carbons (Fsp3) is 0.182. The molecule has 0 aromatic carbocycles. The summed E-state index contributed by atoms with van der Waals surface area (Å²) in [6, 6.07) is 2.80. The SMILES string of the molecule is CC(=O)NCC#Cc1cnc(C#N)c([N+](=O)[O-])c1. The van der Waals surface area contributed by atoms with E-state index in [0.29, 0.717) is 5.56 Å². The van der Waals surface area contributed by atoms with Crippen LogP contribution in [0.5, 0.6) is 0 Å². The molecule has 1 amide bonds. The van der Waals surface area contributed by atoms with Crippen LogP contribution in [0.25, 0.3) is 0 Å². The summed E-state index contributed by atoms with van der Waals surface area (Å²) in [6.45, 7) is 1.50. The molecule has 0 fully saturated rings. The highest BCUT2D eigenvalue weighted by atomic mass is 16.6. The summed E-state index contributed by atoms with van der Waals surface area (Å²) in [7, 11) is 0. The Balaban J connectivity index is 2.92. The van der Waals surface area contributed by atoms with Gasteiger partial charge in [0.15, 0.2) is 0 Å². The molecule has 1 N–H and O–H groups in total. The van der Waals surface area contributed by atoms with Gasteiger partial charge in [0.1, 0.15) is 6.07 Å². The third kappa shape index (κ3) is 3.58. The van der Waals surface area contributed by atoms with Gasteiger partial charge in [-0.1, -0.05) is 11.8 Å². The van der Waals surface area contributed by atoms with Gasteiger partial charge < -0.3 is 5.32 Å². The Bertz CT molecular complexity index is 593. The largest absolute Gasteiger partial charge is 0.345 e. The monoisotopic (exact) mass is 244 g/mol. The van der Waals surface area contributed by atoms with E-state index in [9.17, 15) is 14.9 Å². The molecule has 1 aromatic heterocycles. The molecule has 0 spiro atoms. The molecule has 18 heavy (non-hydrogen) atoms. The van der Waals surface area contributed by atoms with Crippen LogP contribution in [0.2, 0.25) is 0 Å². The molecule has 0 radical (unpaired) electrons. The maximum atomic E-state index is 10.7. The summed E-state index contributed by atoms with van der Waals surface area (Å²) >= 11 is 0. The van der Waals surface area contributed by atoms with Crippen LogP contribution >= 0.6 is 0 Å². The smallest absolute Gasteiger partial charge is 0.306 e. The number of carbonyl (C=O) groups is 1. The lowest BCUT2D eigenvalue weighted by Gasteiger charge is -1.95. The van der Waals surface area contributed by atoms with Crippen molar-refractivity contribution in [3.05, 3.63) is 33.6 Å². The molecule has 1 heterocycles. The van der Waals surface area contributed by atoms with Crippen LogP contribution < -0.4 is 5.32 Å². The minimum atomic E-state index is -0.690. The van der Waals surface area contributed by atoms with Gasteiger partial charge in [-0.15, -0.1) is 0 Å². The summed E-state index contributed by atoms with van der Waals surface area (Å²) in [5, 5.41) is 21.8. The van der Waals surface area contributed by atoms with E-state index in [1.54, 1.807) is 6.07 Å². The minimum absolute atomic E-state index is 0.142. The number of nitro groups is 1. The van der Waals surface area contributed by atoms with Gasteiger partial charge in [0.2, 0.25) is 11.6 Å². The molecule has 0 aliphatic heterocycles. The van der Waals surface area contributed by atoms with Crippen molar-refractivity contribution in [3.8, 4) is 17.9 Å². The Hall–Kier alpha value is -2.93. The van der Waals surface area contributed by atoms with E-state index in [1.165, 1.54) is 19.2 Å². The zero-order valence-corrected chi connectivity index (χ0v) is 9.43. The lowest BCUT2D eigenvalue weighted by atomic mass is 10.2. The number of aromatic nitrogens is 1. The van der Waals surface area contributed by atoms with E-state index in [2.05, 4.69) is 22.1 Å². The van der Waals surface area contributed by atoms with Crippen LogP contribution in [0.3, 0.4) is 0 Å². The van der Waals surface area contributed by atoms with Crippen LogP contribution in [0.4, 0.5) is 5.69 Å². The Labute approximate surface area is 103 Å². The molecule has 0 saturated heterocycles. The van der Waals surface area contributed by atoms with Gasteiger partial charge in [0, 0.05) is 24.8 Å². The first-order valence-electron chi connectivity index (χ1n) is 4.82. The van der Waals surface area contributed by atoms with Gasteiger partial charge in [-0.25, -0.2) is 4.98 Å². The Morgan fingerprint density at radius 2 is 2.39 bits per heavy atom. The molecule has 0 unspecified atom stereocenters. The van der Waals surface area contributed by atoms with Crippen LogP contribution in [-0.2, 0) is 4.79 Å². The van der Waals surface area contributed by atoms with Gasteiger partial charge in [-0.2, -0.15) is 5.26 Å². The summed E-state index contributed by atoms with van der Waals surface area (Å²) in [5.74, 6) is 5.00. The van der Waals surface area contributed by atoms with Crippen molar-refractivity contribution in [1.29, 1.82) is 5.26 Å². The molecule has 0 atom stereocenters. The fourth-order valence-corrected chi connectivity index (χ4v) is 1.06. The average Bonchev–Trinajstić information content (AvgIpc) is 2.34. The molecule has 1 rings (SSSR count). The molecular weight excluding hydrogens is 236 g/mol. The normalized spacial score (nSPS) is 8.67. The first kappa shape index (κ1) is 13.1. The standard InChI is InChI=1S/C11H8N4O3/c1-8(16)13-4-2-3-9-5-11(15(17)18)10(6-12)14-7-9/h5,7H,4H2,1H3,(H,13,16). The second-order valence-electron chi connectivity index (χ2n) is 3.17. The predicted octanol–water partition coefficient (Wildman–Crippen LogP) is 0.349. The van der Waals surface area contributed by atoms with Gasteiger partial charge in [-0.05, 0) is 0 Å². The number of carbonyl (C=O) groups excluding carboxylic acids is 1. The van der Waals surface area contributed by atoms with E-state index in [-0.39, 0.29) is 23.8 Å². The van der Waals surface area contributed by atoms with Crippen molar-refractivity contribution in [1.82, 2.24) is 10.3 Å². The van der Waals surface area contributed by atoms with Gasteiger partial charge in [0.05, 0.1) is 11.5 Å². The van der Waals surface area contributed by atoms with Crippen molar-refractivity contribution in [2.75, 3.05) is 6.54 Å². The van der Waals surface area contributed by atoms with Gasteiger partial charge in [-0.3, -0.25) is 14.9 Å². The average molecular weight is 244 g/mol. The maximum absolute atomic E-state index is 10.7. The number of nitriles is 1. The number of pyridine rings is 1. The molecular formula is C11H8N4O3. The van der Waals surface area contributed by atoms with Crippen LogP contribution in [0.1, 0.15) is 18.2 Å². The highest BCUT2D eigenvalue weighted by Crippen LogP contribution is 2.16. The molecule has 0 saturated carbocycles. The molecule has 7 nitrogen and oxygen atoms in total. The fourth-order valence-electron chi connectivity index (χ4n) is 1.06. The highest BCUT2D eigenvalue weighted by molar-refractivity contribution is 5.73. The molecule has 0 aliphatic rings. The number of rotatable bonds is 2. The zero-order valence-electron chi connectivity index (χ0n) is 9.43. The highest BCUT2D eigenvalue weighted by Gasteiger charge is 2.14. The molecule has 0 aliphatic carbocycles. The van der Waals surface area contributed by atoms with Gasteiger partial charge >= 0.3 is 5.69 Å². The number of hydrogen-bond donors (Lipinski definition) is 1. The van der Waals surface area contributed by atoms with Crippen molar-refractivity contribution >= 4 is 11.6 Å². The predicted molar refractivity (Wildman–Crippen MR) is 61.2 cm³/mol. The summed E-state index contributed by atoms with van der Waals surface area (Å²) < 4.78 is 0. The maximum Gasteiger partial charge on any atom is 0.306 e. The first-order chi connectivity index (χ1) is 8.54. The molecule has 90 valence electrons. The Morgan fingerprint density at radius 3 is 2.94 bits per heavy atom. The van der Waals surface area contributed by atoms with E-state index in [4.69, 9.17) is 5.26 Å². The summed E-state index contributed by atoms with van der Waals surface area (Å²) in [4.78, 5) is 24.2. The van der Waals surface area contributed by atoms with Crippen LogP contribution in [0, 0.1) is 33.3 Å². The second kappa shape index (κ2) is 5.97. The third-order valence-corrected chi connectivity index (χ3v) is 1.83. The first-order valence-corrected chi connectivity index (χ1v) is 4.82. The van der Waals surface area contributed by atoms with Gasteiger partial charge in [0.25, 0.3) is 0 Å². The van der Waals surface area contributed by atoms with Crippen molar-refractivity contribution in [2.24, 2.45) is 0 Å². The number of amides is 1. The quantitative estimate of drug-likeness (QED) is 0.458. The summed E-state index contributed by atoms with van der Waals surface area (Å²) in [5.41, 5.74) is -0.331. The zero-order chi connectivity index (χ0) is 13.5. The lowest BCUT2D eigenvalue weighted by molar-refractivity contribution is -0.385. The number of nitrogens with one attached hydrogen (secondary N) is 1. The molecule has 7 heteroatoms. The Morgan fingerprint density at radius 1 is 1.67 bits per heavy atom. The number of hydrogen-bond acceptors (Lipinski definition) is 5.